The molecule has 3 heterocycles. The molecule has 8 aliphatic rings. The zero-order valence-corrected chi connectivity index (χ0v) is 29.6. The van der Waals surface area contributed by atoms with Crippen LogP contribution < -0.4 is 0 Å². The number of ether oxygens (including phenoxy) is 5. The molecular weight excluding hydrogens is 604 g/mol. The van der Waals surface area contributed by atoms with Crippen LogP contribution in [0.1, 0.15) is 113 Å². The first-order chi connectivity index (χ1) is 21.7. The molecule has 0 aromatic rings. The van der Waals surface area contributed by atoms with E-state index in [2.05, 4.69) is 34.6 Å². The lowest BCUT2D eigenvalue weighted by Crippen LogP contribution is -2.63. The molecule has 16 atom stereocenters. The molecular formula is C37H58O10. The molecule has 10 nitrogen and oxygen atoms in total. The summed E-state index contributed by atoms with van der Waals surface area (Å²) in [7, 11) is 0. The molecule has 3 saturated heterocycles. The summed E-state index contributed by atoms with van der Waals surface area (Å²) in [5.74, 6) is -0.632. The Morgan fingerprint density at radius 2 is 1.55 bits per heavy atom. The highest BCUT2D eigenvalue weighted by atomic mass is 16.7. The van der Waals surface area contributed by atoms with E-state index in [0.717, 1.165) is 51.4 Å². The molecule has 0 radical (unpaired) electrons. The topological polar surface area (TPSA) is 144 Å². The number of fused-ring (bicyclic) bond motifs is 7. The maximum atomic E-state index is 12.9. The van der Waals surface area contributed by atoms with Crippen molar-refractivity contribution < 1.29 is 48.9 Å². The molecule has 266 valence electrons. The van der Waals surface area contributed by atoms with E-state index in [1.165, 1.54) is 6.92 Å². The van der Waals surface area contributed by atoms with E-state index < -0.39 is 47.7 Å². The van der Waals surface area contributed by atoms with Gasteiger partial charge in [-0.05, 0) is 106 Å². The van der Waals surface area contributed by atoms with Gasteiger partial charge in [-0.15, -0.1) is 0 Å². The summed E-state index contributed by atoms with van der Waals surface area (Å²) < 4.78 is 32.5. The first-order valence-electron chi connectivity index (χ1n) is 18.3. The van der Waals surface area contributed by atoms with Gasteiger partial charge in [-0.25, -0.2) is 0 Å². The third-order valence-corrected chi connectivity index (χ3v) is 16.4. The van der Waals surface area contributed by atoms with Crippen LogP contribution in [-0.2, 0) is 28.5 Å². The molecule has 5 aliphatic carbocycles. The lowest BCUT2D eigenvalue weighted by molar-refractivity contribution is -0.388. The Labute approximate surface area is 279 Å². The van der Waals surface area contributed by atoms with Crippen molar-refractivity contribution in [3.05, 3.63) is 0 Å². The fourth-order valence-electron chi connectivity index (χ4n) is 14.2. The predicted octanol–water partition coefficient (Wildman–Crippen LogP) is 3.84. The maximum absolute atomic E-state index is 12.9. The first-order valence-corrected chi connectivity index (χ1v) is 18.3. The number of hydrogen-bond donors (Lipinski definition) is 4. The van der Waals surface area contributed by atoms with Gasteiger partial charge < -0.3 is 44.1 Å². The van der Waals surface area contributed by atoms with E-state index in [1.807, 2.05) is 0 Å². The molecule has 0 aromatic carbocycles. The van der Waals surface area contributed by atoms with Crippen molar-refractivity contribution >= 4 is 5.97 Å². The summed E-state index contributed by atoms with van der Waals surface area (Å²) in [5, 5.41) is 42.3. The van der Waals surface area contributed by atoms with Crippen LogP contribution in [-0.4, -0.2) is 92.9 Å². The second-order valence-corrected chi connectivity index (χ2v) is 18.9. The van der Waals surface area contributed by atoms with Crippen LogP contribution >= 0.6 is 0 Å². The summed E-state index contributed by atoms with van der Waals surface area (Å²) in [4.78, 5) is 12.9. The fraction of sp³-hybridized carbons (Fsp3) is 0.973. The maximum Gasteiger partial charge on any atom is 0.303 e. The van der Waals surface area contributed by atoms with Crippen molar-refractivity contribution in [2.45, 2.75) is 173 Å². The Hall–Kier alpha value is -0.850. The summed E-state index contributed by atoms with van der Waals surface area (Å²) in [6.45, 7) is 16.6. The van der Waals surface area contributed by atoms with Crippen LogP contribution in [0.4, 0.5) is 0 Å². The Bertz CT molecular complexity index is 1330. The second-order valence-electron chi connectivity index (χ2n) is 18.9. The van der Waals surface area contributed by atoms with Crippen molar-refractivity contribution in [1.82, 2.24) is 0 Å². The van der Waals surface area contributed by atoms with Crippen LogP contribution in [0.2, 0.25) is 0 Å². The van der Waals surface area contributed by atoms with Crippen molar-refractivity contribution in [3.8, 4) is 0 Å². The molecule has 10 heteroatoms. The second kappa shape index (κ2) is 9.72. The molecule has 2 bridgehead atoms. The molecule has 0 aromatic heterocycles. The Morgan fingerprint density at radius 1 is 0.872 bits per heavy atom. The quantitative estimate of drug-likeness (QED) is 0.259. The minimum absolute atomic E-state index is 0.0310. The minimum Gasteiger partial charge on any atom is -0.459 e. The highest BCUT2D eigenvalue weighted by molar-refractivity contribution is 5.66. The van der Waals surface area contributed by atoms with Crippen LogP contribution in [0, 0.1) is 44.8 Å². The van der Waals surface area contributed by atoms with Crippen LogP contribution in [0.15, 0.2) is 0 Å². The molecule has 3 aliphatic heterocycles. The molecule has 8 rings (SSSR count). The van der Waals surface area contributed by atoms with Gasteiger partial charge in [-0.3, -0.25) is 4.79 Å². The van der Waals surface area contributed by atoms with E-state index >= 15 is 0 Å². The van der Waals surface area contributed by atoms with Crippen molar-refractivity contribution in [2.75, 3.05) is 6.61 Å². The van der Waals surface area contributed by atoms with E-state index in [1.54, 1.807) is 13.8 Å². The molecule has 0 amide bonds. The third kappa shape index (κ3) is 3.88. The van der Waals surface area contributed by atoms with Crippen molar-refractivity contribution in [2.24, 2.45) is 44.8 Å². The number of rotatable bonds is 4. The zero-order chi connectivity index (χ0) is 34.0. The number of esters is 1. The summed E-state index contributed by atoms with van der Waals surface area (Å²) in [5.41, 5.74) is -2.14. The van der Waals surface area contributed by atoms with Gasteiger partial charge in [0.2, 0.25) is 0 Å². The molecule has 8 fully saturated rings. The minimum atomic E-state index is -1.30. The predicted molar refractivity (Wildman–Crippen MR) is 168 cm³/mol. The van der Waals surface area contributed by atoms with Crippen molar-refractivity contribution in [3.63, 3.8) is 0 Å². The van der Waals surface area contributed by atoms with Gasteiger partial charge in [0.15, 0.2) is 12.1 Å². The van der Waals surface area contributed by atoms with Gasteiger partial charge in [0.25, 0.3) is 0 Å². The van der Waals surface area contributed by atoms with Gasteiger partial charge in [-0.2, -0.15) is 0 Å². The Kier molecular flexibility index (Phi) is 6.89. The van der Waals surface area contributed by atoms with E-state index in [0.29, 0.717) is 18.3 Å². The standard InChI is InChI=1S/C37H58O10/c1-19(38)44-28-26-27(33(7)14-16-37(46-26,47-33)31(4,5)42)32(6)13-15-36-18-35(36)12-11-23(45-29-25(41)24(40)20(39)17-43-29)30(2,3)21(35)9-10-22(36)34(28,32)8/h20-29,39-42H,9-18H2,1-8H3/t20-,21-,22+,23+,24+,25-,26-,27-,28+,29+,32-,33+,34-,35-,36+,37+/m1/s1. The number of carbonyl (C=O) groups is 1. The highest BCUT2D eigenvalue weighted by Gasteiger charge is 2.87. The number of aliphatic hydroxyl groups is 4. The lowest BCUT2D eigenvalue weighted by atomic mass is 9.41. The van der Waals surface area contributed by atoms with E-state index in [9.17, 15) is 25.2 Å². The average molecular weight is 663 g/mol. The summed E-state index contributed by atoms with van der Waals surface area (Å²) >= 11 is 0. The molecule has 5 saturated carbocycles. The van der Waals surface area contributed by atoms with E-state index in [-0.39, 0.29) is 57.8 Å². The van der Waals surface area contributed by atoms with E-state index in [4.69, 9.17) is 23.7 Å². The monoisotopic (exact) mass is 662 g/mol. The molecule has 2 spiro atoms. The Morgan fingerprint density at radius 3 is 2.23 bits per heavy atom. The highest BCUT2D eigenvalue weighted by Crippen LogP contribution is 2.90. The van der Waals surface area contributed by atoms with Gasteiger partial charge in [-0.1, -0.05) is 27.7 Å². The lowest BCUT2D eigenvalue weighted by Gasteiger charge is -2.64. The zero-order valence-electron chi connectivity index (χ0n) is 29.6. The average Bonchev–Trinajstić information content (AvgIpc) is 3.49. The summed E-state index contributed by atoms with van der Waals surface area (Å²) in [6.07, 6.45) is 2.97. The van der Waals surface area contributed by atoms with Gasteiger partial charge in [0, 0.05) is 24.7 Å². The van der Waals surface area contributed by atoms with Crippen LogP contribution in [0.25, 0.3) is 0 Å². The van der Waals surface area contributed by atoms with Gasteiger partial charge in [0.05, 0.1) is 18.3 Å². The normalized spacial score (nSPS) is 58.8. The Balaban J connectivity index is 1.13. The molecule has 47 heavy (non-hydrogen) atoms. The molecule has 0 unspecified atom stereocenters. The van der Waals surface area contributed by atoms with Gasteiger partial charge in [0.1, 0.15) is 36.1 Å². The third-order valence-electron chi connectivity index (χ3n) is 16.4. The summed E-state index contributed by atoms with van der Waals surface area (Å²) in [6, 6.07) is 0. The van der Waals surface area contributed by atoms with Crippen LogP contribution in [0.3, 0.4) is 0 Å². The first kappa shape index (κ1) is 33.3. The largest absolute Gasteiger partial charge is 0.459 e. The number of carbonyl (C=O) groups excluding carboxylic acids is 1. The number of aliphatic hydroxyl groups excluding tert-OH is 3. The SMILES string of the molecule is CC(=O)O[C@H]1[C@@H]2O[C@@]3(C(C)(C)O)CC[C@](C)(O3)[C@H]2[C@@]2(C)CC[C@@]34C[C@@]35CC[C@H](O[C@@H]3OC[C@@H](O)[C@H](O)[C@H]3O)C(C)(C)[C@H]5CC[C@H]4[C@]12C. The van der Waals surface area contributed by atoms with Gasteiger partial charge >= 0.3 is 5.97 Å². The van der Waals surface area contributed by atoms with Crippen LogP contribution in [0.5, 0.6) is 0 Å². The molecule has 4 N–H and O–H groups in total. The smallest absolute Gasteiger partial charge is 0.303 e. The van der Waals surface area contributed by atoms with Crippen molar-refractivity contribution in [1.29, 1.82) is 0 Å². The number of hydrogen-bond acceptors (Lipinski definition) is 10. The fourth-order valence-corrected chi connectivity index (χ4v) is 14.2.